The molecule has 2 N–H and O–H groups in total. The lowest BCUT2D eigenvalue weighted by molar-refractivity contribution is -0.145. The lowest BCUT2D eigenvalue weighted by atomic mass is 9.81. The molecule has 1 aliphatic heterocycles. The van der Waals surface area contributed by atoms with E-state index in [0.717, 1.165) is 19.3 Å². The molecule has 0 unspecified atom stereocenters. The first kappa shape index (κ1) is 14.7. The highest BCUT2D eigenvalue weighted by Gasteiger charge is 2.41. The van der Waals surface area contributed by atoms with E-state index >= 15 is 0 Å². The third kappa shape index (κ3) is 2.61. The van der Waals surface area contributed by atoms with Gasteiger partial charge in [0.15, 0.2) is 11.5 Å². The van der Waals surface area contributed by atoms with Gasteiger partial charge in [0, 0.05) is 0 Å². The lowest BCUT2D eigenvalue weighted by Crippen LogP contribution is -2.55. The summed E-state index contributed by atoms with van der Waals surface area (Å²) in [7, 11) is 0. The Balaban J connectivity index is 1.86. The minimum Gasteiger partial charge on any atom is -0.486 e. The molecule has 2 aliphatic rings. The number of hydrogen-bond acceptors (Lipinski definition) is 4. The van der Waals surface area contributed by atoms with Crippen molar-refractivity contribution in [1.29, 1.82) is 0 Å². The first-order valence-electron chi connectivity index (χ1n) is 7.57. The van der Waals surface area contributed by atoms with Crippen molar-refractivity contribution in [3.05, 3.63) is 23.8 Å². The van der Waals surface area contributed by atoms with Crippen LogP contribution in [0.4, 0.5) is 0 Å². The maximum Gasteiger partial charge on any atom is 0.329 e. The number of carboxylic acid groups (broad SMARTS) is 1. The number of para-hydroxylation sites is 1. The molecule has 0 bridgehead atoms. The van der Waals surface area contributed by atoms with Gasteiger partial charge >= 0.3 is 5.97 Å². The number of nitrogens with one attached hydrogen (secondary N) is 1. The average molecular weight is 305 g/mol. The summed E-state index contributed by atoms with van der Waals surface area (Å²) in [6, 6.07) is 5.07. The van der Waals surface area contributed by atoms with Crippen LogP contribution >= 0.6 is 0 Å². The maximum absolute atomic E-state index is 12.6. The number of carboxylic acids is 1. The van der Waals surface area contributed by atoms with E-state index < -0.39 is 17.4 Å². The zero-order valence-corrected chi connectivity index (χ0v) is 12.3. The first-order chi connectivity index (χ1) is 10.6. The van der Waals surface area contributed by atoms with Gasteiger partial charge in [-0.05, 0) is 25.0 Å². The van der Waals surface area contributed by atoms with E-state index in [1.54, 1.807) is 18.2 Å². The van der Waals surface area contributed by atoms with E-state index in [1.807, 2.05) is 0 Å². The largest absolute Gasteiger partial charge is 0.486 e. The van der Waals surface area contributed by atoms with E-state index in [0.29, 0.717) is 43.1 Å². The Morgan fingerprint density at radius 1 is 1.09 bits per heavy atom. The molecule has 1 amide bonds. The van der Waals surface area contributed by atoms with Crippen LogP contribution in [-0.2, 0) is 4.79 Å². The second-order valence-electron chi connectivity index (χ2n) is 5.73. The Bertz CT molecular complexity index is 592. The van der Waals surface area contributed by atoms with Crippen LogP contribution in [0, 0.1) is 0 Å². The van der Waals surface area contributed by atoms with Crippen LogP contribution in [-0.4, -0.2) is 35.7 Å². The third-order valence-electron chi connectivity index (χ3n) is 4.28. The van der Waals surface area contributed by atoms with E-state index in [9.17, 15) is 14.7 Å². The summed E-state index contributed by atoms with van der Waals surface area (Å²) in [5, 5.41) is 12.3. The molecule has 1 heterocycles. The van der Waals surface area contributed by atoms with Crippen molar-refractivity contribution in [1.82, 2.24) is 5.32 Å². The summed E-state index contributed by atoms with van der Waals surface area (Å²) < 4.78 is 11.0. The van der Waals surface area contributed by atoms with Crippen molar-refractivity contribution in [2.24, 2.45) is 0 Å². The van der Waals surface area contributed by atoms with Crippen molar-refractivity contribution < 1.29 is 24.2 Å². The highest BCUT2D eigenvalue weighted by atomic mass is 16.6. The predicted octanol–water partition coefficient (Wildman–Crippen LogP) is 1.98. The molecule has 0 saturated heterocycles. The number of hydrogen-bond donors (Lipinski definition) is 2. The summed E-state index contributed by atoms with van der Waals surface area (Å²) in [5.41, 5.74) is -0.850. The lowest BCUT2D eigenvalue weighted by Gasteiger charge is -2.34. The summed E-state index contributed by atoms with van der Waals surface area (Å²) in [5.74, 6) is -0.483. The summed E-state index contributed by atoms with van der Waals surface area (Å²) in [4.78, 5) is 24.2. The maximum atomic E-state index is 12.6. The van der Waals surface area contributed by atoms with Gasteiger partial charge < -0.3 is 19.9 Å². The molecule has 22 heavy (non-hydrogen) atoms. The average Bonchev–Trinajstić information content (AvgIpc) is 2.55. The molecular formula is C16H19NO5. The van der Waals surface area contributed by atoms with Crippen molar-refractivity contribution in [2.45, 2.75) is 37.6 Å². The van der Waals surface area contributed by atoms with Crippen LogP contribution in [0.5, 0.6) is 11.5 Å². The van der Waals surface area contributed by atoms with Gasteiger partial charge in [-0.1, -0.05) is 25.3 Å². The number of rotatable bonds is 3. The normalized spacial score (nSPS) is 19.3. The number of carbonyl (C=O) groups excluding carboxylic acids is 1. The predicted molar refractivity (Wildman–Crippen MR) is 78.4 cm³/mol. The number of carbonyl (C=O) groups is 2. The quantitative estimate of drug-likeness (QED) is 0.892. The van der Waals surface area contributed by atoms with Crippen LogP contribution in [0.2, 0.25) is 0 Å². The van der Waals surface area contributed by atoms with E-state index in [1.165, 1.54) is 0 Å². The summed E-state index contributed by atoms with van der Waals surface area (Å²) >= 11 is 0. The smallest absolute Gasteiger partial charge is 0.329 e. The molecule has 1 aliphatic carbocycles. The van der Waals surface area contributed by atoms with Crippen LogP contribution in [0.15, 0.2) is 18.2 Å². The Kier molecular flexibility index (Phi) is 3.92. The van der Waals surface area contributed by atoms with Gasteiger partial charge in [0.1, 0.15) is 18.8 Å². The molecule has 0 radical (unpaired) electrons. The van der Waals surface area contributed by atoms with Crippen LogP contribution < -0.4 is 14.8 Å². The summed E-state index contributed by atoms with van der Waals surface area (Å²) in [6.45, 7) is 0.818. The van der Waals surface area contributed by atoms with Gasteiger partial charge in [-0.15, -0.1) is 0 Å². The van der Waals surface area contributed by atoms with E-state index in [2.05, 4.69) is 5.32 Å². The third-order valence-corrected chi connectivity index (χ3v) is 4.28. The molecular weight excluding hydrogens is 286 g/mol. The number of amides is 1. The van der Waals surface area contributed by atoms with Gasteiger partial charge in [0.05, 0.1) is 5.56 Å². The Morgan fingerprint density at radius 2 is 1.82 bits per heavy atom. The molecule has 1 aromatic rings. The van der Waals surface area contributed by atoms with Gasteiger partial charge in [-0.3, -0.25) is 4.79 Å². The highest BCUT2D eigenvalue weighted by molar-refractivity contribution is 6.00. The fraction of sp³-hybridized carbons (Fsp3) is 0.500. The van der Waals surface area contributed by atoms with Crippen molar-refractivity contribution in [3.8, 4) is 11.5 Å². The standard InChI is InChI=1S/C16H19NO5/c18-14(17-16(15(19)20)7-2-1-3-8-16)11-5-4-6-12-13(11)22-10-9-21-12/h4-6H,1-3,7-10H2,(H,17,18)(H,19,20). The molecule has 6 nitrogen and oxygen atoms in total. The SMILES string of the molecule is O=C(NC1(C(=O)O)CCCCC1)c1cccc2c1OCCO2. The molecule has 1 fully saturated rings. The van der Waals surface area contributed by atoms with Crippen LogP contribution in [0.1, 0.15) is 42.5 Å². The van der Waals surface area contributed by atoms with Gasteiger partial charge in [0.2, 0.25) is 0 Å². The minimum absolute atomic E-state index is 0.323. The van der Waals surface area contributed by atoms with Gasteiger partial charge in [-0.2, -0.15) is 0 Å². The van der Waals surface area contributed by atoms with Crippen molar-refractivity contribution in [3.63, 3.8) is 0 Å². The molecule has 0 aromatic heterocycles. The Labute approximate surface area is 128 Å². The first-order valence-corrected chi connectivity index (χ1v) is 7.57. The summed E-state index contributed by atoms with van der Waals surface area (Å²) in [6.07, 6.45) is 3.53. The fourth-order valence-electron chi connectivity index (χ4n) is 3.08. The zero-order valence-electron chi connectivity index (χ0n) is 12.3. The number of benzene rings is 1. The zero-order chi connectivity index (χ0) is 15.6. The fourth-order valence-corrected chi connectivity index (χ4v) is 3.08. The van der Waals surface area contributed by atoms with Crippen molar-refractivity contribution in [2.75, 3.05) is 13.2 Å². The molecule has 1 saturated carbocycles. The second kappa shape index (κ2) is 5.87. The molecule has 118 valence electrons. The number of ether oxygens (including phenoxy) is 2. The molecule has 0 atom stereocenters. The van der Waals surface area contributed by atoms with Crippen LogP contribution in [0.3, 0.4) is 0 Å². The Hall–Kier alpha value is -2.24. The van der Waals surface area contributed by atoms with E-state index in [4.69, 9.17) is 9.47 Å². The number of fused-ring (bicyclic) bond motifs is 1. The van der Waals surface area contributed by atoms with Gasteiger partial charge in [0.25, 0.3) is 5.91 Å². The minimum atomic E-state index is -1.17. The van der Waals surface area contributed by atoms with E-state index in [-0.39, 0.29) is 0 Å². The Morgan fingerprint density at radius 3 is 2.55 bits per heavy atom. The topological polar surface area (TPSA) is 84.9 Å². The van der Waals surface area contributed by atoms with Crippen LogP contribution in [0.25, 0.3) is 0 Å². The molecule has 3 rings (SSSR count). The molecule has 0 spiro atoms. The highest BCUT2D eigenvalue weighted by Crippen LogP contribution is 2.35. The number of aliphatic carboxylic acids is 1. The van der Waals surface area contributed by atoms with Crippen molar-refractivity contribution >= 4 is 11.9 Å². The molecule has 1 aromatic carbocycles. The molecule has 6 heteroatoms. The second-order valence-corrected chi connectivity index (χ2v) is 5.73. The monoisotopic (exact) mass is 305 g/mol. The van der Waals surface area contributed by atoms with Gasteiger partial charge in [-0.25, -0.2) is 4.79 Å².